The lowest BCUT2D eigenvalue weighted by Crippen LogP contribution is -2.50. The van der Waals surface area contributed by atoms with Gasteiger partial charge in [-0.1, -0.05) is 47.0 Å². The van der Waals surface area contributed by atoms with Gasteiger partial charge in [0.1, 0.15) is 5.75 Å². The summed E-state index contributed by atoms with van der Waals surface area (Å²) in [5.74, 6) is -1.17. The zero-order valence-electron chi connectivity index (χ0n) is 22.7. The zero-order chi connectivity index (χ0) is 28.7. The first-order valence-electron chi connectivity index (χ1n) is 14.0. The van der Waals surface area contributed by atoms with Crippen molar-refractivity contribution in [3.63, 3.8) is 0 Å². The molecule has 6 rings (SSSR count). The molecule has 0 radical (unpaired) electrons. The van der Waals surface area contributed by atoms with Crippen molar-refractivity contribution < 1.29 is 28.6 Å². The van der Waals surface area contributed by atoms with Crippen molar-refractivity contribution in [1.29, 1.82) is 0 Å². The maximum absolute atomic E-state index is 14.2. The predicted molar refractivity (Wildman–Crippen MR) is 150 cm³/mol. The molecular formula is C30H31BrN4O6. The van der Waals surface area contributed by atoms with E-state index in [0.29, 0.717) is 55.4 Å². The molecule has 0 spiro atoms. The van der Waals surface area contributed by atoms with Gasteiger partial charge < -0.3 is 24.1 Å². The van der Waals surface area contributed by atoms with Crippen molar-refractivity contribution in [3.8, 4) is 5.75 Å². The van der Waals surface area contributed by atoms with Crippen LogP contribution in [-0.4, -0.2) is 56.0 Å². The number of aliphatic carboxylic acids is 1. The Morgan fingerprint density at radius 2 is 1.90 bits per heavy atom. The number of rotatable bonds is 7. The highest BCUT2D eigenvalue weighted by Gasteiger charge is 2.44. The zero-order valence-corrected chi connectivity index (χ0v) is 24.3. The van der Waals surface area contributed by atoms with Gasteiger partial charge in [0.25, 0.3) is 11.8 Å². The average Bonchev–Trinajstić information content (AvgIpc) is 3.54. The van der Waals surface area contributed by atoms with Crippen LogP contribution in [0.1, 0.15) is 70.6 Å². The van der Waals surface area contributed by atoms with Crippen molar-refractivity contribution in [2.45, 2.75) is 58.2 Å². The number of benzene rings is 2. The highest BCUT2D eigenvalue weighted by molar-refractivity contribution is 9.10. The number of halogens is 1. The van der Waals surface area contributed by atoms with E-state index in [9.17, 15) is 19.5 Å². The van der Waals surface area contributed by atoms with Crippen LogP contribution in [0.25, 0.3) is 0 Å². The molecule has 3 heterocycles. The number of carboxylic acid groups (broad SMARTS) is 1. The fraction of sp³-hybridized carbons (Fsp3) is 0.433. The fourth-order valence-corrected chi connectivity index (χ4v) is 7.04. The van der Waals surface area contributed by atoms with Crippen molar-refractivity contribution in [3.05, 3.63) is 74.9 Å². The summed E-state index contributed by atoms with van der Waals surface area (Å²) in [4.78, 5) is 43.3. The minimum atomic E-state index is -0.927. The number of nitrogens with zero attached hydrogens (tertiary/aromatic N) is 4. The van der Waals surface area contributed by atoms with E-state index in [1.807, 2.05) is 36.4 Å². The van der Waals surface area contributed by atoms with Gasteiger partial charge >= 0.3 is 5.97 Å². The van der Waals surface area contributed by atoms with E-state index in [-0.39, 0.29) is 25.0 Å². The highest BCUT2D eigenvalue weighted by atomic mass is 79.9. The van der Waals surface area contributed by atoms with Crippen LogP contribution in [0.2, 0.25) is 0 Å². The van der Waals surface area contributed by atoms with Crippen molar-refractivity contribution in [2.24, 2.45) is 11.8 Å². The van der Waals surface area contributed by atoms with Gasteiger partial charge in [-0.25, -0.2) is 0 Å². The number of aromatic nitrogens is 2. The van der Waals surface area contributed by atoms with E-state index in [1.165, 1.54) is 0 Å². The third kappa shape index (κ3) is 5.23. The number of hydrogen-bond acceptors (Lipinski definition) is 7. The molecule has 1 saturated carbocycles. The van der Waals surface area contributed by atoms with Gasteiger partial charge in [0.2, 0.25) is 11.8 Å². The standard InChI is InChI=1S/C30H31BrN4O6/c1-17-32-33-26(41-17)16-40-25-11-10-23(31)22-12-13-35(29(37)20-8-4-5-9-21(20)30(38)39)24(27(22)25)15-34-14-18-6-2-3-7-19(18)28(34)36/h2-3,6-7,10-11,20-21,24H,4-5,8-9,12-16H2,1H3,(H,38,39)/t20?,21?,24-/m1/s1. The largest absolute Gasteiger partial charge is 0.483 e. The predicted octanol–water partition coefficient (Wildman–Crippen LogP) is 4.69. The van der Waals surface area contributed by atoms with Gasteiger partial charge in [-0.05, 0) is 48.6 Å². The van der Waals surface area contributed by atoms with Crippen LogP contribution in [0.4, 0.5) is 0 Å². The molecule has 2 amide bonds. The van der Waals surface area contributed by atoms with Crippen LogP contribution in [0, 0.1) is 18.8 Å². The second kappa shape index (κ2) is 11.3. The van der Waals surface area contributed by atoms with Crippen molar-refractivity contribution >= 4 is 33.7 Å². The molecule has 3 aromatic rings. The number of fused-ring (bicyclic) bond motifs is 2. The van der Waals surface area contributed by atoms with Gasteiger partial charge in [-0.2, -0.15) is 0 Å². The van der Waals surface area contributed by atoms with Crippen LogP contribution in [-0.2, 0) is 29.2 Å². The molecule has 3 atom stereocenters. The van der Waals surface area contributed by atoms with Gasteiger partial charge in [-0.3, -0.25) is 14.4 Å². The molecule has 10 nitrogen and oxygen atoms in total. The first kappa shape index (κ1) is 27.4. The fourth-order valence-electron chi connectivity index (χ4n) is 6.50. The van der Waals surface area contributed by atoms with Crippen LogP contribution < -0.4 is 4.74 Å². The summed E-state index contributed by atoms with van der Waals surface area (Å²) in [6, 6.07) is 10.8. The van der Waals surface area contributed by atoms with Crippen LogP contribution >= 0.6 is 15.9 Å². The molecule has 1 aromatic heterocycles. The molecule has 0 saturated heterocycles. The Morgan fingerprint density at radius 3 is 2.63 bits per heavy atom. The van der Waals surface area contributed by atoms with Crippen molar-refractivity contribution in [1.82, 2.24) is 20.0 Å². The summed E-state index contributed by atoms with van der Waals surface area (Å²) < 4.78 is 12.6. The quantitative estimate of drug-likeness (QED) is 0.402. The summed E-state index contributed by atoms with van der Waals surface area (Å²) in [5.41, 5.74) is 3.42. The van der Waals surface area contributed by atoms with Gasteiger partial charge in [0.15, 0.2) is 6.61 Å². The first-order valence-corrected chi connectivity index (χ1v) is 14.7. The van der Waals surface area contributed by atoms with Gasteiger partial charge in [0.05, 0.1) is 17.9 Å². The van der Waals surface area contributed by atoms with Crippen LogP contribution in [0.5, 0.6) is 5.75 Å². The van der Waals surface area contributed by atoms with Crippen LogP contribution in [0.15, 0.2) is 45.3 Å². The Morgan fingerprint density at radius 1 is 1.12 bits per heavy atom. The summed E-state index contributed by atoms with van der Waals surface area (Å²) >= 11 is 3.69. The van der Waals surface area contributed by atoms with Gasteiger partial charge in [-0.15, -0.1) is 10.2 Å². The Kier molecular flexibility index (Phi) is 7.54. The van der Waals surface area contributed by atoms with E-state index < -0.39 is 23.8 Å². The number of aryl methyl sites for hydroxylation is 1. The first-order chi connectivity index (χ1) is 19.8. The topological polar surface area (TPSA) is 126 Å². The highest BCUT2D eigenvalue weighted by Crippen LogP contribution is 2.43. The number of carbonyl (C=O) groups is 3. The van der Waals surface area contributed by atoms with Crippen molar-refractivity contribution in [2.75, 3.05) is 13.1 Å². The maximum Gasteiger partial charge on any atom is 0.307 e. The Hall–Kier alpha value is -3.73. The summed E-state index contributed by atoms with van der Waals surface area (Å²) in [7, 11) is 0. The Labute approximate surface area is 245 Å². The lowest BCUT2D eigenvalue weighted by atomic mass is 9.77. The summed E-state index contributed by atoms with van der Waals surface area (Å²) in [5, 5.41) is 17.8. The lowest BCUT2D eigenvalue weighted by Gasteiger charge is -2.43. The number of carbonyl (C=O) groups excluding carboxylic acids is 2. The minimum absolute atomic E-state index is 0.0490. The third-order valence-corrected chi connectivity index (χ3v) is 9.21. The molecule has 2 aliphatic heterocycles. The molecule has 1 fully saturated rings. The van der Waals surface area contributed by atoms with E-state index in [1.54, 1.807) is 16.7 Å². The van der Waals surface area contributed by atoms with E-state index in [0.717, 1.165) is 34.0 Å². The maximum atomic E-state index is 14.2. The minimum Gasteiger partial charge on any atom is -0.483 e. The molecule has 11 heteroatoms. The molecule has 2 aromatic carbocycles. The molecule has 1 N–H and O–H groups in total. The van der Waals surface area contributed by atoms with E-state index >= 15 is 0 Å². The molecule has 0 bridgehead atoms. The summed E-state index contributed by atoms with van der Waals surface area (Å²) in [6.45, 7) is 2.86. The molecule has 2 unspecified atom stereocenters. The monoisotopic (exact) mass is 622 g/mol. The molecule has 214 valence electrons. The third-order valence-electron chi connectivity index (χ3n) is 8.46. The Bertz CT molecular complexity index is 1510. The second-order valence-corrected chi connectivity index (χ2v) is 11.8. The second-order valence-electron chi connectivity index (χ2n) is 10.9. The van der Waals surface area contributed by atoms with E-state index in [4.69, 9.17) is 9.15 Å². The van der Waals surface area contributed by atoms with Crippen LogP contribution in [0.3, 0.4) is 0 Å². The smallest absolute Gasteiger partial charge is 0.307 e. The van der Waals surface area contributed by atoms with Gasteiger partial charge in [0, 0.05) is 42.2 Å². The molecule has 3 aliphatic rings. The molecule has 1 aliphatic carbocycles. The summed E-state index contributed by atoms with van der Waals surface area (Å²) in [6.07, 6.45) is 3.21. The Balaban J connectivity index is 1.38. The molecule has 41 heavy (non-hydrogen) atoms. The number of hydrogen-bond donors (Lipinski definition) is 1. The number of ether oxygens (including phenoxy) is 1. The van der Waals surface area contributed by atoms with E-state index in [2.05, 4.69) is 26.1 Å². The number of amides is 2. The lowest BCUT2D eigenvalue weighted by molar-refractivity contribution is -0.153. The number of carboxylic acids is 1. The average molecular weight is 624 g/mol. The SMILES string of the molecule is Cc1nnc(COc2ccc(Br)c3c2[C@@H](CN2Cc4ccccc4C2=O)N(C(=O)C2CCCCC2C(=O)O)CC3)o1. The normalized spacial score (nSPS) is 21.9. The molecular weight excluding hydrogens is 592 g/mol.